The zero-order valence-electron chi connectivity index (χ0n) is 16.6. The minimum atomic E-state index is 0.0388. The highest BCUT2D eigenvalue weighted by molar-refractivity contribution is 5.51. The van der Waals surface area contributed by atoms with Gasteiger partial charge in [-0.15, -0.1) is 0 Å². The zero-order valence-corrected chi connectivity index (χ0v) is 16.6. The molecule has 148 valence electrons. The van der Waals surface area contributed by atoms with Crippen LogP contribution in [0.2, 0.25) is 0 Å². The second kappa shape index (κ2) is 7.28. The molecule has 5 rings (SSSR count). The number of rotatable bonds is 3. The van der Waals surface area contributed by atoms with Gasteiger partial charge in [0.1, 0.15) is 12.1 Å². The SMILES string of the molecule is CN1CCc2ncnc(N3CCCC3Cn3nc4c(cc3=O)CCCC4)c2C1. The average molecular weight is 380 g/mol. The van der Waals surface area contributed by atoms with Gasteiger partial charge < -0.3 is 9.80 Å². The number of aryl methyl sites for hydroxylation is 2. The van der Waals surface area contributed by atoms with Crippen LogP contribution in [0.15, 0.2) is 17.2 Å². The molecule has 0 radical (unpaired) electrons. The largest absolute Gasteiger partial charge is 0.351 e. The third-order valence-corrected chi connectivity index (χ3v) is 6.48. The highest BCUT2D eigenvalue weighted by atomic mass is 16.1. The van der Waals surface area contributed by atoms with Crippen molar-refractivity contribution in [3.05, 3.63) is 45.3 Å². The van der Waals surface area contributed by atoms with Gasteiger partial charge in [-0.25, -0.2) is 14.6 Å². The Labute approximate surface area is 165 Å². The number of hydrogen-bond acceptors (Lipinski definition) is 6. The van der Waals surface area contributed by atoms with Gasteiger partial charge in [-0.05, 0) is 51.1 Å². The van der Waals surface area contributed by atoms with Crippen LogP contribution in [0, 0.1) is 0 Å². The molecular weight excluding hydrogens is 352 g/mol. The summed E-state index contributed by atoms with van der Waals surface area (Å²) in [4.78, 5) is 26.6. The molecule has 0 saturated carbocycles. The van der Waals surface area contributed by atoms with Crippen molar-refractivity contribution in [1.82, 2.24) is 24.6 Å². The molecule has 3 aliphatic rings. The Bertz CT molecular complexity index is 939. The number of hydrogen-bond donors (Lipinski definition) is 0. The topological polar surface area (TPSA) is 67.2 Å². The maximum atomic E-state index is 12.6. The van der Waals surface area contributed by atoms with E-state index < -0.39 is 0 Å². The first-order chi connectivity index (χ1) is 13.7. The number of likely N-dealkylation sites (N-methyl/N-ethyl adjacent to an activating group) is 1. The second-order valence-corrected chi connectivity index (χ2v) is 8.44. The summed E-state index contributed by atoms with van der Waals surface area (Å²) in [6.45, 7) is 3.56. The number of nitrogens with zero attached hydrogens (tertiary/aromatic N) is 6. The predicted molar refractivity (Wildman–Crippen MR) is 108 cm³/mol. The van der Waals surface area contributed by atoms with Gasteiger partial charge in [-0.3, -0.25) is 4.79 Å². The van der Waals surface area contributed by atoms with Gasteiger partial charge in [0.15, 0.2) is 0 Å². The molecule has 0 spiro atoms. The van der Waals surface area contributed by atoms with E-state index in [2.05, 4.69) is 26.8 Å². The van der Waals surface area contributed by atoms with E-state index in [0.29, 0.717) is 6.54 Å². The molecule has 1 fully saturated rings. The maximum Gasteiger partial charge on any atom is 0.267 e. The fourth-order valence-electron chi connectivity index (χ4n) is 4.94. The Morgan fingerprint density at radius 3 is 2.89 bits per heavy atom. The van der Waals surface area contributed by atoms with Gasteiger partial charge in [0.05, 0.1) is 24.0 Å². The van der Waals surface area contributed by atoms with E-state index in [1.807, 2.05) is 6.07 Å². The molecule has 0 amide bonds. The van der Waals surface area contributed by atoms with Crippen LogP contribution in [-0.2, 0) is 32.4 Å². The van der Waals surface area contributed by atoms with Gasteiger partial charge in [0.25, 0.3) is 5.56 Å². The summed E-state index contributed by atoms with van der Waals surface area (Å²) < 4.78 is 1.70. The molecule has 2 aromatic rings. The van der Waals surface area contributed by atoms with Crippen molar-refractivity contribution < 1.29 is 0 Å². The molecule has 2 aliphatic heterocycles. The molecule has 1 aliphatic carbocycles. The van der Waals surface area contributed by atoms with Crippen molar-refractivity contribution >= 4 is 5.82 Å². The first-order valence-corrected chi connectivity index (χ1v) is 10.6. The average Bonchev–Trinajstić information content (AvgIpc) is 3.16. The quantitative estimate of drug-likeness (QED) is 0.805. The van der Waals surface area contributed by atoms with Gasteiger partial charge in [-0.1, -0.05) is 0 Å². The van der Waals surface area contributed by atoms with E-state index in [-0.39, 0.29) is 11.6 Å². The van der Waals surface area contributed by atoms with E-state index in [9.17, 15) is 4.79 Å². The van der Waals surface area contributed by atoms with Gasteiger partial charge >= 0.3 is 0 Å². The fraction of sp³-hybridized carbons (Fsp3) is 0.619. The lowest BCUT2D eigenvalue weighted by atomic mass is 9.97. The van der Waals surface area contributed by atoms with E-state index in [1.165, 1.54) is 24.1 Å². The highest BCUT2D eigenvalue weighted by Gasteiger charge is 2.31. The summed E-state index contributed by atoms with van der Waals surface area (Å²) in [5, 5.41) is 4.74. The first-order valence-electron chi connectivity index (χ1n) is 10.6. The minimum Gasteiger partial charge on any atom is -0.351 e. The molecule has 1 saturated heterocycles. The summed E-state index contributed by atoms with van der Waals surface area (Å²) in [6, 6.07) is 2.08. The summed E-state index contributed by atoms with van der Waals surface area (Å²) in [5.41, 5.74) is 4.75. The Morgan fingerprint density at radius 2 is 1.96 bits per heavy atom. The standard InChI is InChI=1S/C21H28N6O/c1-25-10-8-19-17(13-25)21(23-14-22-19)26-9-4-6-16(26)12-27-20(28)11-15-5-2-3-7-18(15)24-27/h11,14,16H,2-10,12-13H2,1H3. The molecule has 0 N–H and O–H groups in total. The van der Waals surface area contributed by atoms with Crippen LogP contribution >= 0.6 is 0 Å². The molecule has 0 bridgehead atoms. The van der Waals surface area contributed by atoms with E-state index >= 15 is 0 Å². The zero-order chi connectivity index (χ0) is 19.1. The monoisotopic (exact) mass is 380 g/mol. The van der Waals surface area contributed by atoms with Crippen LogP contribution in [0.3, 0.4) is 0 Å². The Kier molecular flexibility index (Phi) is 4.62. The minimum absolute atomic E-state index is 0.0388. The van der Waals surface area contributed by atoms with E-state index in [1.54, 1.807) is 11.0 Å². The molecule has 4 heterocycles. The Balaban J connectivity index is 1.44. The van der Waals surface area contributed by atoms with E-state index in [0.717, 1.165) is 68.8 Å². The van der Waals surface area contributed by atoms with Crippen molar-refractivity contribution in [2.45, 2.75) is 64.1 Å². The van der Waals surface area contributed by atoms with Crippen LogP contribution in [-0.4, -0.2) is 50.8 Å². The van der Waals surface area contributed by atoms with Crippen molar-refractivity contribution in [2.24, 2.45) is 0 Å². The third-order valence-electron chi connectivity index (χ3n) is 6.48. The first kappa shape index (κ1) is 17.8. The molecule has 0 aromatic carbocycles. The highest BCUT2D eigenvalue weighted by Crippen LogP contribution is 2.31. The summed E-state index contributed by atoms with van der Waals surface area (Å²) >= 11 is 0. The number of fused-ring (bicyclic) bond motifs is 2. The van der Waals surface area contributed by atoms with Crippen molar-refractivity contribution in [3.8, 4) is 0 Å². The maximum absolute atomic E-state index is 12.6. The molecular formula is C21H28N6O. The molecule has 7 heteroatoms. The smallest absolute Gasteiger partial charge is 0.267 e. The third kappa shape index (κ3) is 3.21. The van der Waals surface area contributed by atoms with Gasteiger partial charge in [0.2, 0.25) is 0 Å². The lowest BCUT2D eigenvalue weighted by Gasteiger charge is -2.32. The molecule has 1 unspecified atom stereocenters. The number of aromatic nitrogens is 4. The van der Waals surface area contributed by atoms with Crippen LogP contribution in [0.1, 0.15) is 48.2 Å². The summed E-state index contributed by atoms with van der Waals surface area (Å²) in [5.74, 6) is 1.06. The van der Waals surface area contributed by atoms with Gasteiger partial charge in [-0.2, -0.15) is 5.10 Å². The fourth-order valence-corrected chi connectivity index (χ4v) is 4.94. The second-order valence-electron chi connectivity index (χ2n) is 8.44. The van der Waals surface area contributed by atoms with Crippen molar-refractivity contribution in [1.29, 1.82) is 0 Å². The Morgan fingerprint density at radius 1 is 1.07 bits per heavy atom. The number of anilines is 1. The molecule has 2 aromatic heterocycles. The normalized spacial score (nSPS) is 22.2. The Hall–Kier alpha value is -2.28. The predicted octanol–water partition coefficient (Wildman–Crippen LogP) is 1.57. The lowest BCUT2D eigenvalue weighted by Crippen LogP contribution is -2.39. The molecule has 1 atom stereocenters. The lowest BCUT2D eigenvalue weighted by molar-refractivity contribution is 0.309. The molecule has 28 heavy (non-hydrogen) atoms. The van der Waals surface area contributed by atoms with E-state index in [4.69, 9.17) is 5.10 Å². The molecule has 7 nitrogen and oxygen atoms in total. The van der Waals surface area contributed by atoms with Crippen LogP contribution in [0.5, 0.6) is 0 Å². The van der Waals surface area contributed by atoms with Gasteiger partial charge in [0, 0.05) is 37.7 Å². The summed E-state index contributed by atoms with van der Waals surface area (Å²) in [7, 11) is 2.15. The van der Waals surface area contributed by atoms with Crippen molar-refractivity contribution in [2.75, 3.05) is 25.0 Å². The van der Waals surface area contributed by atoms with Crippen LogP contribution < -0.4 is 10.5 Å². The van der Waals surface area contributed by atoms with Crippen LogP contribution in [0.4, 0.5) is 5.82 Å². The van der Waals surface area contributed by atoms with Crippen molar-refractivity contribution in [3.63, 3.8) is 0 Å². The summed E-state index contributed by atoms with van der Waals surface area (Å²) in [6.07, 6.45) is 9.21. The van der Waals surface area contributed by atoms with Crippen LogP contribution in [0.25, 0.3) is 0 Å².